The molecule has 1 atom stereocenters. The van der Waals surface area contributed by atoms with Gasteiger partial charge in [-0.2, -0.15) is 5.10 Å². The highest BCUT2D eigenvalue weighted by molar-refractivity contribution is 6.03. The van der Waals surface area contributed by atoms with Gasteiger partial charge in [-0.3, -0.25) is 9.48 Å². The Morgan fingerprint density at radius 3 is 3.05 bits per heavy atom. The van der Waals surface area contributed by atoms with Crippen molar-refractivity contribution in [3.05, 3.63) is 30.2 Å². The minimum Gasteiger partial charge on any atom is -0.469 e. The summed E-state index contributed by atoms with van der Waals surface area (Å²) in [7, 11) is 1.36. The van der Waals surface area contributed by atoms with Gasteiger partial charge in [0.25, 0.3) is 0 Å². The SMILES string of the molecule is COC(=O)Cc1cc2c(ccc3cnn(C[C@H](C)N)c32)o1. The predicted octanol–water partition coefficient (Wildman–Crippen LogP) is 1.85. The number of carbonyl (C=O) groups excluding carboxylic acids is 1. The van der Waals surface area contributed by atoms with E-state index in [0.29, 0.717) is 12.3 Å². The van der Waals surface area contributed by atoms with Gasteiger partial charge in [0.15, 0.2) is 0 Å². The summed E-state index contributed by atoms with van der Waals surface area (Å²) in [6.45, 7) is 2.56. The molecule has 1 aromatic carbocycles. The standard InChI is InChI=1S/C15H17N3O3/c1-9(16)8-18-15-10(7-17-18)3-4-13-12(15)5-11(21-13)6-14(19)20-2/h3-5,7,9H,6,8,16H2,1-2H3/t9-/m0/s1. The smallest absolute Gasteiger partial charge is 0.313 e. The molecule has 21 heavy (non-hydrogen) atoms. The minimum atomic E-state index is -0.325. The molecule has 110 valence electrons. The van der Waals surface area contributed by atoms with E-state index in [2.05, 4.69) is 9.84 Å². The topological polar surface area (TPSA) is 83.3 Å². The molecule has 6 nitrogen and oxygen atoms in total. The van der Waals surface area contributed by atoms with Crippen LogP contribution in [-0.2, 0) is 22.5 Å². The van der Waals surface area contributed by atoms with Gasteiger partial charge in [0, 0.05) is 16.8 Å². The summed E-state index contributed by atoms with van der Waals surface area (Å²) in [4.78, 5) is 11.4. The van der Waals surface area contributed by atoms with E-state index in [1.165, 1.54) is 7.11 Å². The number of nitrogens with two attached hydrogens (primary N) is 1. The van der Waals surface area contributed by atoms with E-state index < -0.39 is 0 Å². The van der Waals surface area contributed by atoms with Crippen molar-refractivity contribution in [2.24, 2.45) is 5.73 Å². The number of hydrogen-bond acceptors (Lipinski definition) is 5. The van der Waals surface area contributed by atoms with E-state index in [1.807, 2.05) is 36.0 Å². The monoisotopic (exact) mass is 287 g/mol. The van der Waals surface area contributed by atoms with Gasteiger partial charge >= 0.3 is 5.97 Å². The molecule has 0 saturated heterocycles. The Hall–Kier alpha value is -2.34. The first kappa shape index (κ1) is 13.6. The molecule has 0 radical (unpaired) electrons. The molecule has 0 aliphatic heterocycles. The van der Waals surface area contributed by atoms with Crippen molar-refractivity contribution in [2.45, 2.75) is 25.9 Å². The largest absolute Gasteiger partial charge is 0.469 e. The van der Waals surface area contributed by atoms with Crippen molar-refractivity contribution in [1.82, 2.24) is 9.78 Å². The molecule has 0 unspecified atom stereocenters. The summed E-state index contributed by atoms with van der Waals surface area (Å²) in [5.74, 6) is 0.257. The lowest BCUT2D eigenvalue weighted by Gasteiger charge is -2.06. The molecular formula is C15H17N3O3. The highest BCUT2D eigenvalue weighted by atomic mass is 16.5. The Morgan fingerprint density at radius 2 is 2.33 bits per heavy atom. The number of ether oxygens (including phenoxy) is 1. The highest BCUT2D eigenvalue weighted by Crippen LogP contribution is 2.28. The summed E-state index contributed by atoms with van der Waals surface area (Å²) in [5, 5.41) is 6.33. The van der Waals surface area contributed by atoms with Gasteiger partial charge in [-0.1, -0.05) is 0 Å². The van der Waals surface area contributed by atoms with Crippen molar-refractivity contribution >= 4 is 27.8 Å². The van der Waals surface area contributed by atoms with Crippen LogP contribution in [0.1, 0.15) is 12.7 Å². The minimum absolute atomic E-state index is 0.00444. The van der Waals surface area contributed by atoms with Crippen LogP contribution in [0.4, 0.5) is 0 Å². The number of rotatable bonds is 4. The van der Waals surface area contributed by atoms with Crippen molar-refractivity contribution in [3.8, 4) is 0 Å². The Kier molecular flexibility index (Phi) is 3.39. The third-order valence-corrected chi connectivity index (χ3v) is 3.36. The first-order valence-corrected chi connectivity index (χ1v) is 6.78. The van der Waals surface area contributed by atoms with Crippen molar-refractivity contribution in [3.63, 3.8) is 0 Å². The molecule has 0 aliphatic carbocycles. The number of carbonyl (C=O) groups is 1. The maximum Gasteiger partial charge on any atom is 0.313 e. The van der Waals surface area contributed by atoms with Crippen LogP contribution in [0.5, 0.6) is 0 Å². The number of hydrogen-bond donors (Lipinski definition) is 1. The van der Waals surface area contributed by atoms with Crippen LogP contribution < -0.4 is 5.73 Å². The fourth-order valence-electron chi connectivity index (χ4n) is 2.46. The average molecular weight is 287 g/mol. The highest BCUT2D eigenvalue weighted by Gasteiger charge is 2.14. The lowest BCUT2D eigenvalue weighted by atomic mass is 10.1. The molecule has 3 aromatic rings. The van der Waals surface area contributed by atoms with Crippen LogP contribution in [0.3, 0.4) is 0 Å². The van der Waals surface area contributed by atoms with Gasteiger partial charge in [-0.05, 0) is 25.1 Å². The Bertz CT molecular complexity index is 801. The number of fused-ring (bicyclic) bond motifs is 3. The molecular weight excluding hydrogens is 270 g/mol. The van der Waals surface area contributed by atoms with E-state index in [-0.39, 0.29) is 18.4 Å². The zero-order chi connectivity index (χ0) is 15.0. The fraction of sp³-hybridized carbons (Fsp3) is 0.333. The maximum atomic E-state index is 11.4. The second kappa shape index (κ2) is 5.21. The summed E-state index contributed by atoms with van der Waals surface area (Å²) in [5.41, 5.74) is 7.57. The van der Waals surface area contributed by atoms with Crippen LogP contribution in [0, 0.1) is 0 Å². The summed E-state index contributed by atoms with van der Waals surface area (Å²) in [6, 6.07) is 5.71. The van der Waals surface area contributed by atoms with Crippen molar-refractivity contribution in [1.29, 1.82) is 0 Å². The normalized spacial score (nSPS) is 12.9. The number of benzene rings is 1. The molecule has 2 N–H and O–H groups in total. The number of esters is 1. The quantitative estimate of drug-likeness (QED) is 0.740. The molecule has 0 fully saturated rings. The van der Waals surface area contributed by atoms with Gasteiger partial charge in [0.05, 0.1) is 25.4 Å². The van der Waals surface area contributed by atoms with Crippen LogP contribution in [0.15, 0.2) is 28.8 Å². The average Bonchev–Trinajstić information content (AvgIpc) is 3.01. The summed E-state index contributed by atoms with van der Waals surface area (Å²) >= 11 is 0. The zero-order valence-electron chi connectivity index (χ0n) is 12.0. The molecule has 0 bridgehead atoms. The molecule has 6 heteroatoms. The van der Waals surface area contributed by atoms with E-state index in [4.69, 9.17) is 10.2 Å². The Labute approximate surface area is 121 Å². The van der Waals surface area contributed by atoms with E-state index in [9.17, 15) is 4.79 Å². The van der Waals surface area contributed by atoms with E-state index in [1.54, 1.807) is 0 Å². The van der Waals surface area contributed by atoms with Gasteiger partial charge < -0.3 is 14.9 Å². The van der Waals surface area contributed by atoms with Gasteiger partial charge in [0.2, 0.25) is 0 Å². The molecule has 0 aliphatic rings. The fourth-order valence-corrected chi connectivity index (χ4v) is 2.46. The first-order chi connectivity index (χ1) is 10.1. The number of methoxy groups -OCH3 is 1. The zero-order valence-corrected chi connectivity index (χ0v) is 12.0. The van der Waals surface area contributed by atoms with Crippen LogP contribution in [0.25, 0.3) is 21.9 Å². The molecule has 0 amide bonds. The van der Waals surface area contributed by atoms with Gasteiger partial charge in [0.1, 0.15) is 17.8 Å². The summed E-state index contributed by atoms with van der Waals surface area (Å²) in [6.07, 6.45) is 1.93. The third-order valence-electron chi connectivity index (χ3n) is 3.36. The predicted molar refractivity (Wildman–Crippen MR) is 78.9 cm³/mol. The maximum absolute atomic E-state index is 11.4. The van der Waals surface area contributed by atoms with E-state index >= 15 is 0 Å². The van der Waals surface area contributed by atoms with Gasteiger partial charge in [-0.15, -0.1) is 0 Å². The second-order valence-corrected chi connectivity index (χ2v) is 5.18. The lowest BCUT2D eigenvalue weighted by Crippen LogP contribution is -2.22. The van der Waals surface area contributed by atoms with Crippen molar-refractivity contribution < 1.29 is 13.9 Å². The first-order valence-electron chi connectivity index (χ1n) is 6.78. The molecule has 0 saturated carbocycles. The van der Waals surface area contributed by atoms with Crippen molar-refractivity contribution in [2.75, 3.05) is 7.11 Å². The Morgan fingerprint density at radius 1 is 1.52 bits per heavy atom. The molecule has 2 aromatic heterocycles. The second-order valence-electron chi connectivity index (χ2n) is 5.18. The number of nitrogens with zero attached hydrogens (tertiary/aromatic N) is 2. The van der Waals surface area contributed by atoms with Gasteiger partial charge in [-0.25, -0.2) is 0 Å². The lowest BCUT2D eigenvalue weighted by molar-refractivity contribution is -0.140. The molecule has 0 spiro atoms. The van der Waals surface area contributed by atoms with Crippen LogP contribution in [-0.4, -0.2) is 28.9 Å². The van der Waals surface area contributed by atoms with Crippen LogP contribution in [0.2, 0.25) is 0 Å². The molecule has 2 heterocycles. The Balaban J connectivity index is 2.12. The van der Waals surface area contributed by atoms with Crippen LogP contribution >= 0.6 is 0 Å². The van der Waals surface area contributed by atoms with E-state index in [0.717, 1.165) is 21.9 Å². The number of furan rings is 1. The molecule has 3 rings (SSSR count). The summed E-state index contributed by atoms with van der Waals surface area (Å²) < 4.78 is 12.2. The third kappa shape index (κ3) is 2.50. The number of aromatic nitrogens is 2.